The second kappa shape index (κ2) is 7.31. The molecule has 2 rings (SSSR count). The second-order valence-corrected chi connectivity index (χ2v) is 5.61. The van der Waals surface area contributed by atoms with Crippen LogP contribution >= 0.6 is 0 Å². The molecule has 1 N–H and O–H groups in total. The van der Waals surface area contributed by atoms with Gasteiger partial charge in [-0.1, -0.05) is 26.3 Å². The Morgan fingerprint density at radius 2 is 2.25 bits per heavy atom. The van der Waals surface area contributed by atoms with Crippen LogP contribution in [0.2, 0.25) is 0 Å². The van der Waals surface area contributed by atoms with Gasteiger partial charge in [0, 0.05) is 19.6 Å². The van der Waals surface area contributed by atoms with Crippen molar-refractivity contribution in [1.82, 2.24) is 5.32 Å². The van der Waals surface area contributed by atoms with Crippen LogP contribution in [0.1, 0.15) is 44.2 Å². The molecule has 1 aromatic carbocycles. The van der Waals surface area contributed by atoms with E-state index in [1.54, 1.807) is 0 Å². The Kier molecular flexibility index (Phi) is 5.43. The van der Waals surface area contributed by atoms with Crippen LogP contribution in [0.4, 0.5) is 5.69 Å². The van der Waals surface area contributed by atoms with Crippen molar-refractivity contribution in [2.75, 3.05) is 24.5 Å². The largest absolute Gasteiger partial charge is 0.370 e. The minimum Gasteiger partial charge on any atom is -0.370 e. The zero-order valence-corrected chi connectivity index (χ0v) is 12.7. The number of hydrogen-bond acceptors (Lipinski definition) is 3. The number of anilines is 1. The van der Waals surface area contributed by atoms with E-state index in [9.17, 15) is 5.26 Å². The van der Waals surface area contributed by atoms with Crippen LogP contribution in [-0.2, 0) is 6.54 Å². The number of benzene rings is 1. The van der Waals surface area contributed by atoms with Gasteiger partial charge in [0.2, 0.25) is 0 Å². The lowest BCUT2D eigenvalue weighted by Gasteiger charge is -2.34. The monoisotopic (exact) mass is 271 g/mol. The van der Waals surface area contributed by atoms with Crippen molar-refractivity contribution in [3.8, 4) is 6.07 Å². The second-order valence-electron chi connectivity index (χ2n) is 5.61. The Bertz CT molecular complexity index is 476. The Balaban J connectivity index is 2.16. The summed E-state index contributed by atoms with van der Waals surface area (Å²) in [6, 6.07) is 8.68. The van der Waals surface area contributed by atoms with Crippen LogP contribution in [0.5, 0.6) is 0 Å². The first-order valence-corrected chi connectivity index (χ1v) is 7.77. The smallest absolute Gasteiger partial charge is 0.101 e. The lowest BCUT2D eigenvalue weighted by molar-refractivity contribution is 0.404. The predicted molar refractivity (Wildman–Crippen MR) is 83.8 cm³/mol. The van der Waals surface area contributed by atoms with Gasteiger partial charge in [-0.25, -0.2) is 0 Å². The first kappa shape index (κ1) is 14.9. The van der Waals surface area contributed by atoms with E-state index < -0.39 is 0 Å². The van der Waals surface area contributed by atoms with Gasteiger partial charge in [-0.05, 0) is 43.0 Å². The molecule has 1 aliphatic rings. The van der Waals surface area contributed by atoms with Crippen molar-refractivity contribution in [3.63, 3.8) is 0 Å². The summed E-state index contributed by atoms with van der Waals surface area (Å²) < 4.78 is 0. The van der Waals surface area contributed by atoms with Gasteiger partial charge in [0.15, 0.2) is 0 Å². The van der Waals surface area contributed by atoms with Crippen molar-refractivity contribution >= 4 is 5.69 Å². The van der Waals surface area contributed by atoms with E-state index in [1.807, 2.05) is 6.07 Å². The van der Waals surface area contributed by atoms with Crippen molar-refractivity contribution in [1.29, 1.82) is 5.26 Å². The number of rotatable bonds is 5. The Morgan fingerprint density at radius 3 is 2.95 bits per heavy atom. The zero-order chi connectivity index (χ0) is 14.4. The molecule has 1 saturated heterocycles. The third-order valence-corrected chi connectivity index (χ3v) is 4.20. The molecule has 0 bridgehead atoms. The van der Waals surface area contributed by atoms with E-state index in [0.717, 1.165) is 43.3 Å². The van der Waals surface area contributed by atoms with E-state index in [0.29, 0.717) is 0 Å². The number of hydrogen-bond donors (Lipinski definition) is 1. The van der Waals surface area contributed by atoms with Crippen molar-refractivity contribution in [3.05, 3.63) is 29.3 Å². The molecule has 0 saturated carbocycles. The third kappa shape index (κ3) is 3.52. The Hall–Kier alpha value is -1.53. The summed E-state index contributed by atoms with van der Waals surface area (Å²) in [7, 11) is 0. The maximum atomic E-state index is 9.42. The fraction of sp³-hybridized carbons (Fsp3) is 0.588. The SMILES string of the molecule is CCNCc1ccc(N2CCCC(CC)C2)c(C#N)c1. The molecule has 1 aliphatic heterocycles. The summed E-state index contributed by atoms with van der Waals surface area (Å²) in [5.41, 5.74) is 3.12. The first-order chi connectivity index (χ1) is 9.78. The molecule has 0 amide bonds. The number of nitrogens with zero attached hydrogens (tertiary/aromatic N) is 2. The molecule has 3 nitrogen and oxygen atoms in total. The highest BCUT2D eigenvalue weighted by molar-refractivity contribution is 5.60. The van der Waals surface area contributed by atoms with Gasteiger partial charge >= 0.3 is 0 Å². The zero-order valence-electron chi connectivity index (χ0n) is 12.7. The molecule has 0 aliphatic carbocycles. The molecule has 1 aromatic rings. The summed E-state index contributed by atoms with van der Waals surface area (Å²) in [5, 5.41) is 12.7. The molecule has 1 atom stereocenters. The van der Waals surface area contributed by atoms with Crippen LogP contribution in [0, 0.1) is 17.2 Å². The first-order valence-electron chi connectivity index (χ1n) is 7.77. The fourth-order valence-electron chi connectivity index (χ4n) is 2.94. The molecule has 1 heterocycles. The normalized spacial score (nSPS) is 18.9. The van der Waals surface area contributed by atoms with E-state index >= 15 is 0 Å². The van der Waals surface area contributed by atoms with Crippen LogP contribution < -0.4 is 10.2 Å². The predicted octanol–water partition coefficient (Wildman–Crippen LogP) is 3.29. The van der Waals surface area contributed by atoms with Gasteiger partial charge in [-0.3, -0.25) is 0 Å². The van der Waals surface area contributed by atoms with E-state index in [-0.39, 0.29) is 0 Å². The summed E-state index contributed by atoms with van der Waals surface area (Å²) in [4.78, 5) is 2.40. The highest BCUT2D eigenvalue weighted by Gasteiger charge is 2.20. The molecule has 3 heteroatoms. The lowest BCUT2D eigenvalue weighted by Crippen LogP contribution is -2.35. The molecule has 108 valence electrons. The molecular weight excluding hydrogens is 246 g/mol. The molecule has 0 radical (unpaired) electrons. The lowest BCUT2D eigenvalue weighted by atomic mass is 9.94. The van der Waals surface area contributed by atoms with Crippen molar-refractivity contribution in [2.24, 2.45) is 5.92 Å². The molecular formula is C17H25N3. The van der Waals surface area contributed by atoms with E-state index in [1.165, 1.54) is 24.8 Å². The van der Waals surface area contributed by atoms with Gasteiger partial charge in [-0.15, -0.1) is 0 Å². The van der Waals surface area contributed by atoms with Crippen LogP contribution in [-0.4, -0.2) is 19.6 Å². The maximum absolute atomic E-state index is 9.42. The summed E-state index contributed by atoms with van der Waals surface area (Å²) in [6.07, 6.45) is 3.80. The topological polar surface area (TPSA) is 39.1 Å². The highest BCUT2D eigenvalue weighted by atomic mass is 15.1. The number of piperidine rings is 1. The molecule has 0 spiro atoms. The Morgan fingerprint density at radius 1 is 1.40 bits per heavy atom. The molecule has 0 aromatic heterocycles. The van der Waals surface area contributed by atoms with E-state index in [4.69, 9.17) is 0 Å². The molecule has 20 heavy (non-hydrogen) atoms. The standard InChI is InChI=1S/C17H25N3/c1-3-14-6-5-9-20(13-14)17-8-7-15(12-19-4-2)10-16(17)11-18/h7-8,10,14,19H,3-6,9,12-13H2,1-2H3. The Labute approximate surface area is 122 Å². The van der Waals surface area contributed by atoms with Crippen molar-refractivity contribution in [2.45, 2.75) is 39.7 Å². The van der Waals surface area contributed by atoms with Crippen LogP contribution in [0.25, 0.3) is 0 Å². The van der Waals surface area contributed by atoms with Gasteiger partial charge in [0.1, 0.15) is 6.07 Å². The highest BCUT2D eigenvalue weighted by Crippen LogP contribution is 2.28. The van der Waals surface area contributed by atoms with Crippen LogP contribution in [0.15, 0.2) is 18.2 Å². The van der Waals surface area contributed by atoms with Gasteiger partial charge in [-0.2, -0.15) is 5.26 Å². The van der Waals surface area contributed by atoms with Crippen molar-refractivity contribution < 1.29 is 0 Å². The minimum absolute atomic E-state index is 0.775. The number of nitriles is 1. The molecule has 1 fully saturated rings. The summed E-state index contributed by atoms with van der Waals surface area (Å²) >= 11 is 0. The number of nitrogens with one attached hydrogen (secondary N) is 1. The quantitative estimate of drug-likeness (QED) is 0.893. The van der Waals surface area contributed by atoms with Gasteiger partial charge < -0.3 is 10.2 Å². The maximum Gasteiger partial charge on any atom is 0.101 e. The van der Waals surface area contributed by atoms with E-state index in [2.05, 4.69) is 42.3 Å². The van der Waals surface area contributed by atoms with Gasteiger partial charge in [0.05, 0.1) is 11.3 Å². The third-order valence-electron chi connectivity index (χ3n) is 4.20. The minimum atomic E-state index is 0.775. The average molecular weight is 271 g/mol. The average Bonchev–Trinajstić information content (AvgIpc) is 2.52. The fourth-order valence-corrected chi connectivity index (χ4v) is 2.94. The summed E-state index contributed by atoms with van der Waals surface area (Å²) in [6.45, 7) is 8.32. The van der Waals surface area contributed by atoms with Crippen LogP contribution in [0.3, 0.4) is 0 Å². The van der Waals surface area contributed by atoms with Gasteiger partial charge in [0.25, 0.3) is 0 Å². The summed E-state index contributed by atoms with van der Waals surface area (Å²) in [5.74, 6) is 0.775. The molecule has 1 unspecified atom stereocenters.